The lowest BCUT2D eigenvalue weighted by Gasteiger charge is -1.99. The summed E-state index contributed by atoms with van der Waals surface area (Å²) in [5.41, 5.74) is 1.24. The summed E-state index contributed by atoms with van der Waals surface area (Å²) in [6, 6.07) is 8.02. The molecule has 0 aliphatic carbocycles. The Hall–Kier alpha value is -1.02. The summed E-state index contributed by atoms with van der Waals surface area (Å²) in [6.45, 7) is 2.08. The van der Waals surface area contributed by atoms with E-state index in [4.69, 9.17) is 9.47 Å². The van der Waals surface area contributed by atoms with Crippen LogP contribution in [0.1, 0.15) is 18.6 Å². The van der Waals surface area contributed by atoms with E-state index in [2.05, 4.69) is 6.92 Å². The lowest BCUT2D eigenvalue weighted by Crippen LogP contribution is -1.85. The van der Waals surface area contributed by atoms with Crippen LogP contribution in [0.4, 0.5) is 0 Å². The van der Waals surface area contributed by atoms with Crippen LogP contribution >= 0.6 is 0 Å². The second-order valence-corrected chi connectivity index (χ2v) is 3.03. The number of hydrogen-bond acceptors (Lipinski definition) is 2. The Morgan fingerprint density at radius 3 is 2.25 bits per heavy atom. The van der Waals surface area contributed by atoms with E-state index in [1.165, 1.54) is 5.56 Å². The Morgan fingerprint density at radius 2 is 1.83 bits per heavy atom. The molecule has 1 heterocycles. The third kappa shape index (κ3) is 1.30. The van der Waals surface area contributed by atoms with Gasteiger partial charge in [-0.2, -0.15) is 0 Å². The quantitative estimate of drug-likeness (QED) is 0.625. The van der Waals surface area contributed by atoms with Crippen molar-refractivity contribution >= 4 is 0 Å². The van der Waals surface area contributed by atoms with Crippen molar-refractivity contribution in [2.45, 2.75) is 19.1 Å². The molecule has 0 saturated carbocycles. The second kappa shape index (κ2) is 2.79. The van der Waals surface area contributed by atoms with Crippen LogP contribution in [0.3, 0.4) is 0 Å². The standard InChI is InChI=1S/C10H12O2/c1-7-10(12-7)8-3-5-9(11-2)6-4-8/h3-7,10H,1-2H3/t7-,10-/m0/s1. The van der Waals surface area contributed by atoms with Crippen molar-refractivity contribution in [2.24, 2.45) is 0 Å². The van der Waals surface area contributed by atoms with Crippen molar-refractivity contribution in [3.63, 3.8) is 0 Å². The van der Waals surface area contributed by atoms with E-state index in [9.17, 15) is 0 Å². The van der Waals surface area contributed by atoms with Gasteiger partial charge >= 0.3 is 0 Å². The summed E-state index contributed by atoms with van der Waals surface area (Å²) in [5.74, 6) is 0.895. The number of ether oxygens (including phenoxy) is 2. The van der Waals surface area contributed by atoms with Crippen molar-refractivity contribution in [1.82, 2.24) is 0 Å². The minimum Gasteiger partial charge on any atom is -0.497 e. The number of hydrogen-bond donors (Lipinski definition) is 0. The fourth-order valence-corrected chi connectivity index (χ4v) is 1.33. The van der Waals surface area contributed by atoms with Gasteiger partial charge in [0, 0.05) is 0 Å². The van der Waals surface area contributed by atoms with Crippen LogP contribution in [0, 0.1) is 0 Å². The van der Waals surface area contributed by atoms with E-state index in [0.29, 0.717) is 12.2 Å². The molecule has 2 heteroatoms. The molecule has 12 heavy (non-hydrogen) atoms. The number of epoxide rings is 1. The van der Waals surface area contributed by atoms with Gasteiger partial charge in [0.05, 0.1) is 13.2 Å². The highest BCUT2D eigenvalue weighted by Gasteiger charge is 2.35. The van der Waals surface area contributed by atoms with Crippen LogP contribution in [-0.4, -0.2) is 13.2 Å². The van der Waals surface area contributed by atoms with Crippen molar-refractivity contribution < 1.29 is 9.47 Å². The molecule has 0 amide bonds. The molecule has 64 valence electrons. The maximum Gasteiger partial charge on any atom is 0.118 e. The Kier molecular flexibility index (Phi) is 1.77. The first kappa shape index (κ1) is 7.62. The average Bonchev–Trinajstić information content (AvgIpc) is 2.83. The van der Waals surface area contributed by atoms with E-state index in [-0.39, 0.29) is 0 Å². The average molecular weight is 164 g/mol. The highest BCUT2D eigenvalue weighted by molar-refractivity contribution is 5.30. The first-order valence-electron chi connectivity index (χ1n) is 4.10. The van der Waals surface area contributed by atoms with Crippen LogP contribution in [0.2, 0.25) is 0 Å². The fraction of sp³-hybridized carbons (Fsp3) is 0.400. The maximum absolute atomic E-state index is 5.34. The zero-order valence-electron chi connectivity index (χ0n) is 7.28. The van der Waals surface area contributed by atoms with E-state index in [1.807, 2.05) is 24.3 Å². The van der Waals surface area contributed by atoms with Crippen LogP contribution in [0.25, 0.3) is 0 Å². The van der Waals surface area contributed by atoms with Gasteiger partial charge in [0.15, 0.2) is 0 Å². The minimum absolute atomic E-state index is 0.316. The summed E-state index contributed by atoms with van der Waals surface area (Å²) in [5, 5.41) is 0. The van der Waals surface area contributed by atoms with E-state index >= 15 is 0 Å². The van der Waals surface area contributed by atoms with E-state index in [0.717, 1.165) is 5.75 Å². The van der Waals surface area contributed by atoms with Crippen LogP contribution in [0.15, 0.2) is 24.3 Å². The summed E-state index contributed by atoms with van der Waals surface area (Å²) in [7, 11) is 1.67. The highest BCUT2D eigenvalue weighted by Crippen LogP contribution is 2.38. The first-order chi connectivity index (χ1) is 5.81. The summed E-state index contributed by atoms with van der Waals surface area (Å²) in [4.78, 5) is 0. The van der Waals surface area contributed by atoms with Crippen LogP contribution in [-0.2, 0) is 4.74 Å². The van der Waals surface area contributed by atoms with Crippen molar-refractivity contribution in [1.29, 1.82) is 0 Å². The molecule has 1 fully saturated rings. The van der Waals surface area contributed by atoms with Crippen LogP contribution in [0.5, 0.6) is 5.75 Å². The first-order valence-corrected chi connectivity index (χ1v) is 4.10. The summed E-state index contributed by atoms with van der Waals surface area (Å²) >= 11 is 0. The molecule has 0 bridgehead atoms. The summed E-state index contributed by atoms with van der Waals surface area (Å²) < 4.78 is 10.4. The third-order valence-corrected chi connectivity index (χ3v) is 2.16. The smallest absolute Gasteiger partial charge is 0.118 e. The molecule has 2 nitrogen and oxygen atoms in total. The Labute approximate surface area is 72.1 Å². The number of benzene rings is 1. The monoisotopic (exact) mass is 164 g/mol. The normalized spacial score (nSPS) is 26.8. The van der Waals surface area contributed by atoms with Gasteiger partial charge < -0.3 is 9.47 Å². The molecule has 1 aromatic rings. The molecule has 2 atom stereocenters. The molecule has 0 radical (unpaired) electrons. The molecule has 1 aliphatic rings. The predicted octanol–water partition coefficient (Wildman–Crippen LogP) is 2.16. The van der Waals surface area contributed by atoms with Gasteiger partial charge in [0.1, 0.15) is 11.9 Å². The van der Waals surface area contributed by atoms with Gasteiger partial charge in [-0.1, -0.05) is 12.1 Å². The van der Waals surface area contributed by atoms with Crippen molar-refractivity contribution in [3.8, 4) is 5.75 Å². The largest absolute Gasteiger partial charge is 0.497 e. The van der Waals surface area contributed by atoms with Crippen LogP contribution < -0.4 is 4.74 Å². The van der Waals surface area contributed by atoms with E-state index < -0.39 is 0 Å². The topological polar surface area (TPSA) is 21.8 Å². The molecule has 0 aromatic heterocycles. The zero-order valence-corrected chi connectivity index (χ0v) is 7.28. The van der Waals surface area contributed by atoms with Gasteiger partial charge in [-0.3, -0.25) is 0 Å². The van der Waals surface area contributed by atoms with Gasteiger partial charge in [-0.05, 0) is 24.6 Å². The fourth-order valence-electron chi connectivity index (χ4n) is 1.33. The zero-order chi connectivity index (χ0) is 8.55. The number of methoxy groups -OCH3 is 1. The Bertz CT molecular complexity index is 266. The molecule has 1 aliphatic heterocycles. The maximum atomic E-state index is 5.34. The molecule has 0 unspecified atom stereocenters. The number of rotatable bonds is 2. The minimum atomic E-state index is 0.316. The Balaban J connectivity index is 2.14. The van der Waals surface area contributed by atoms with Crippen molar-refractivity contribution in [3.05, 3.63) is 29.8 Å². The highest BCUT2D eigenvalue weighted by atomic mass is 16.6. The molecule has 0 spiro atoms. The molecule has 0 N–H and O–H groups in total. The lowest BCUT2D eigenvalue weighted by molar-refractivity contribution is 0.382. The molecule has 2 rings (SSSR count). The summed E-state index contributed by atoms with van der Waals surface area (Å²) in [6.07, 6.45) is 0.703. The van der Waals surface area contributed by atoms with E-state index in [1.54, 1.807) is 7.11 Å². The SMILES string of the molecule is COc1ccc([C@H]2O[C@H]2C)cc1. The second-order valence-electron chi connectivity index (χ2n) is 3.03. The molecular weight excluding hydrogens is 152 g/mol. The van der Waals surface area contributed by atoms with Gasteiger partial charge in [-0.25, -0.2) is 0 Å². The Morgan fingerprint density at radius 1 is 1.25 bits per heavy atom. The van der Waals surface area contributed by atoms with Gasteiger partial charge in [-0.15, -0.1) is 0 Å². The molecule has 1 aromatic carbocycles. The molecular formula is C10H12O2. The third-order valence-electron chi connectivity index (χ3n) is 2.16. The van der Waals surface area contributed by atoms with Gasteiger partial charge in [0.2, 0.25) is 0 Å². The lowest BCUT2D eigenvalue weighted by atomic mass is 10.1. The molecule has 1 saturated heterocycles. The predicted molar refractivity (Wildman–Crippen MR) is 46.3 cm³/mol. The van der Waals surface area contributed by atoms with Crippen molar-refractivity contribution in [2.75, 3.05) is 7.11 Å². The van der Waals surface area contributed by atoms with Gasteiger partial charge in [0.25, 0.3) is 0 Å².